The summed E-state index contributed by atoms with van der Waals surface area (Å²) in [6, 6.07) is 50.4. The fourth-order valence-electron chi connectivity index (χ4n) is 6.50. The van der Waals surface area contributed by atoms with Crippen molar-refractivity contribution in [2.24, 2.45) is 0 Å². The SMILES string of the molecule is c1ccc(-c2cc(-n3c4ccccc4c4ccccc43)nc(-c3ccccc3-n3c4ccccc4c4ncccc43)n2)cc1. The fourth-order valence-corrected chi connectivity index (χ4v) is 6.50. The number of fused-ring (bicyclic) bond motifs is 6. The molecule has 0 amide bonds. The average Bonchev–Trinajstić information content (AvgIpc) is 3.62. The van der Waals surface area contributed by atoms with Gasteiger partial charge in [0.15, 0.2) is 5.82 Å². The molecule has 0 atom stereocenters. The predicted molar refractivity (Wildman–Crippen MR) is 179 cm³/mol. The van der Waals surface area contributed by atoms with Gasteiger partial charge in [0.1, 0.15) is 5.82 Å². The molecule has 0 spiro atoms. The highest BCUT2D eigenvalue weighted by Crippen LogP contribution is 2.37. The number of benzene rings is 5. The van der Waals surface area contributed by atoms with Gasteiger partial charge in [0.05, 0.1) is 39.0 Å². The topological polar surface area (TPSA) is 48.5 Å². The Balaban J connectivity index is 1.36. The quantitative estimate of drug-likeness (QED) is 0.214. The van der Waals surface area contributed by atoms with E-state index in [-0.39, 0.29) is 0 Å². The van der Waals surface area contributed by atoms with E-state index in [0.29, 0.717) is 5.82 Å². The van der Waals surface area contributed by atoms with E-state index in [0.717, 1.165) is 61.3 Å². The minimum absolute atomic E-state index is 0.661. The number of pyridine rings is 1. The molecule has 0 fully saturated rings. The molecule has 0 aliphatic heterocycles. The first-order chi connectivity index (χ1) is 21.8. The Hall–Kier alpha value is -6.07. The summed E-state index contributed by atoms with van der Waals surface area (Å²) in [6.45, 7) is 0. The molecule has 4 aromatic heterocycles. The van der Waals surface area contributed by atoms with Crippen LogP contribution in [0.2, 0.25) is 0 Å². The molecular weight excluding hydrogens is 538 g/mol. The lowest BCUT2D eigenvalue weighted by molar-refractivity contribution is 1.04. The van der Waals surface area contributed by atoms with Crippen LogP contribution < -0.4 is 0 Å². The molecule has 206 valence electrons. The molecule has 0 bridgehead atoms. The molecule has 0 unspecified atom stereocenters. The summed E-state index contributed by atoms with van der Waals surface area (Å²) in [5.41, 5.74) is 9.19. The molecule has 0 saturated carbocycles. The van der Waals surface area contributed by atoms with Gasteiger partial charge in [-0.1, -0.05) is 97.1 Å². The third-order valence-corrected chi connectivity index (χ3v) is 8.40. The van der Waals surface area contributed by atoms with Crippen LogP contribution in [0, 0.1) is 0 Å². The minimum Gasteiger partial charge on any atom is -0.307 e. The van der Waals surface area contributed by atoms with Crippen molar-refractivity contribution in [2.45, 2.75) is 0 Å². The second-order valence-corrected chi connectivity index (χ2v) is 10.9. The Morgan fingerprint density at radius 1 is 0.455 bits per heavy atom. The molecule has 0 N–H and O–H groups in total. The molecular formula is C39H25N5. The maximum absolute atomic E-state index is 5.33. The van der Waals surface area contributed by atoms with Crippen LogP contribution in [0.3, 0.4) is 0 Å². The summed E-state index contributed by atoms with van der Waals surface area (Å²) in [6.07, 6.45) is 1.86. The zero-order chi connectivity index (χ0) is 29.0. The largest absolute Gasteiger partial charge is 0.307 e. The van der Waals surface area contributed by atoms with Crippen LogP contribution in [-0.4, -0.2) is 24.1 Å². The van der Waals surface area contributed by atoms with Crippen molar-refractivity contribution in [1.29, 1.82) is 0 Å². The fraction of sp³-hybridized carbons (Fsp3) is 0. The van der Waals surface area contributed by atoms with Gasteiger partial charge in [-0.25, -0.2) is 9.97 Å². The van der Waals surface area contributed by atoms with E-state index in [2.05, 4.69) is 143 Å². The van der Waals surface area contributed by atoms with E-state index in [9.17, 15) is 0 Å². The number of nitrogens with zero attached hydrogens (tertiary/aromatic N) is 5. The van der Waals surface area contributed by atoms with Gasteiger partial charge in [-0.05, 0) is 42.5 Å². The molecule has 0 radical (unpaired) electrons. The van der Waals surface area contributed by atoms with Crippen molar-refractivity contribution >= 4 is 43.7 Å². The molecule has 44 heavy (non-hydrogen) atoms. The molecule has 0 aliphatic rings. The number of hydrogen-bond donors (Lipinski definition) is 0. The zero-order valence-corrected chi connectivity index (χ0v) is 23.7. The standard InChI is InChI=1S/C39H25N5/c1-2-13-26(14-3-1)31-25-37(44-32-19-8-4-15-27(32)28-16-5-9-20-33(28)44)42-39(41-31)30-18-7-11-22-35(30)43-34-21-10-6-17-29(34)38-36(43)23-12-24-40-38/h1-25H. The second-order valence-electron chi connectivity index (χ2n) is 10.9. The van der Waals surface area contributed by atoms with Crippen molar-refractivity contribution in [3.05, 3.63) is 152 Å². The van der Waals surface area contributed by atoms with Crippen molar-refractivity contribution in [2.75, 3.05) is 0 Å². The van der Waals surface area contributed by atoms with Crippen LogP contribution in [0.15, 0.2) is 152 Å². The Bertz CT molecular complexity index is 2400. The van der Waals surface area contributed by atoms with Crippen LogP contribution in [0.1, 0.15) is 0 Å². The molecule has 5 aromatic carbocycles. The van der Waals surface area contributed by atoms with Crippen LogP contribution in [0.4, 0.5) is 0 Å². The summed E-state index contributed by atoms with van der Waals surface area (Å²) < 4.78 is 4.54. The van der Waals surface area contributed by atoms with Gasteiger partial charge in [0.25, 0.3) is 0 Å². The van der Waals surface area contributed by atoms with Gasteiger partial charge in [0.2, 0.25) is 0 Å². The Morgan fingerprint density at radius 2 is 1.05 bits per heavy atom. The predicted octanol–water partition coefficient (Wildman–Crippen LogP) is 9.40. The lowest BCUT2D eigenvalue weighted by Crippen LogP contribution is -2.04. The minimum atomic E-state index is 0.661. The van der Waals surface area contributed by atoms with E-state index in [1.54, 1.807) is 0 Å². The van der Waals surface area contributed by atoms with Crippen molar-refractivity contribution in [3.63, 3.8) is 0 Å². The smallest absolute Gasteiger partial charge is 0.164 e. The first-order valence-corrected chi connectivity index (χ1v) is 14.7. The maximum atomic E-state index is 5.33. The summed E-state index contributed by atoms with van der Waals surface area (Å²) >= 11 is 0. The van der Waals surface area contributed by atoms with E-state index >= 15 is 0 Å². The summed E-state index contributed by atoms with van der Waals surface area (Å²) in [5, 5.41) is 3.51. The Labute approximate surface area is 253 Å². The molecule has 9 aromatic rings. The van der Waals surface area contributed by atoms with Crippen molar-refractivity contribution < 1.29 is 0 Å². The van der Waals surface area contributed by atoms with E-state index in [1.807, 2.05) is 18.3 Å². The molecule has 5 nitrogen and oxygen atoms in total. The van der Waals surface area contributed by atoms with Gasteiger partial charge < -0.3 is 4.57 Å². The summed E-state index contributed by atoms with van der Waals surface area (Å²) in [5.74, 6) is 1.48. The van der Waals surface area contributed by atoms with E-state index in [1.165, 1.54) is 10.8 Å². The third-order valence-electron chi connectivity index (χ3n) is 8.40. The second kappa shape index (κ2) is 9.75. The summed E-state index contributed by atoms with van der Waals surface area (Å²) in [4.78, 5) is 15.3. The van der Waals surface area contributed by atoms with Crippen molar-refractivity contribution in [1.82, 2.24) is 24.1 Å². The van der Waals surface area contributed by atoms with Gasteiger partial charge in [0, 0.05) is 39.5 Å². The highest BCUT2D eigenvalue weighted by Gasteiger charge is 2.20. The maximum Gasteiger partial charge on any atom is 0.164 e. The van der Waals surface area contributed by atoms with Gasteiger partial charge in [-0.2, -0.15) is 0 Å². The lowest BCUT2D eigenvalue weighted by Gasteiger charge is -2.15. The number of aromatic nitrogens is 5. The lowest BCUT2D eigenvalue weighted by atomic mass is 10.1. The zero-order valence-electron chi connectivity index (χ0n) is 23.7. The normalized spacial score (nSPS) is 11.6. The monoisotopic (exact) mass is 563 g/mol. The number of para-hydroxylation sites is 4. The highest BCUT2D eigenvalue weighted by molar-refractivity contribution is 6.09. The third kappa shape index (κ3) is 3.69. The summed E-state index contributed by atoms with van der Waals surface area (Å²) in [7, 11) is 0. The van der Waals surface area contributed by atoms with Crippen LogP contribution in [0.5, 0.6) is 0 Å². The molecule has 0 aliphatic carbocycles. The van der Waals surface area contributed by atoms with E-state index < -0.39 is 0 Å². The Morgan fingerprint density at radius 3 is 1.80 bits per heavy atom. The van der Waals surface area contributed by atoms with E-state index in [4.69, 9.17) is 15.0 Å². The Kier molecular flexibility index (Phi) is 5.43. The molecule has 5 heteroatoms. The van der Waals surface area contributed by atoms with Crippen molar-refractivity contribution in [3.8, 4) is 34.2 Å². The number of rotatable bonds is 4. The van der Waals surface area contributed by atoms with Crippen LogP contribution >= 0.6 is 0 Å². The molecule has 0 saturated heterocycles. The molecule has 9 rings (SSSR count). The van der Waals surface area contributed by atoms with Crippen LogP contribution in [0.25, 0.3) is 77.9 Å². The average molecular weight is 564 g/mol. The van der Waals surface area contributed by atoms with Crippen LogP contribution in [-0.2, 0) is 0 Å². The van der Waals surface area contributed by atoms with Gasteiger partial charge >= 0.3 is 0 Å². The molecule has 4 heterocycles. The first-order valence-electron chi connectivity index (χ1n) is 14.7. The van der Waals surface area contributed by atoms with Gasteiger partial charge in [-0.3, -0.25) is 9.55 Å². The highest BCUT2D eigenvalue weighted by atomic mass is 15.1. The first kappa shape index (κ1) is 24.5. The van der Waals surface area contributed by atoms with Gasteiger partial charge in [-0.15, -0.1) is 0 Å². The number of hydrogen-bond acceptors (Lipinski definition) is 3.